The summed E-state index contributed by atoms with van der Waals surface area (Å²) in [4.78, 5) is 15.1. The highest BCUT2D eigenvalue weighted by atomic mass is 16.3. The van der Waals surface area contributed by atoms with Crippen LogP contribution in [0.15, 0.2) is 177 Å². The van der Waals surface area contributed by atoms with Gasteiger partial charge in [-0.25, -0.2) is 9.98 Å². The van der Waals surface area contributed by atoms with Crippen LogP contribution in [0.2, 0.25) is 0 Å². The molecule has 6 heteroatoms. The number of fused-ring (bicyclic) bond motifs is 8. The van der Waals surface area contributed by atoms with Gasteiger partial charge in [-0.05, 0) is 51.4 Å². The quantitative estimate of drug-likeness (QED) is 0.202. The molecule has 1 atom stereocenters. The molecule has 0 radical (unpaired) electrons. The van der Waals surface area contributed by atoms with Crippen LogP contribution in [-0.4, -0.2) is 16.7 Å². The Morgan fingerprint density at radius 1 is 0.481 bits per heavy atom. The number of pyridine rings is 1. The second kappa shape index (κ2) is 11.2. The Bertz CT molecular complexity index is 3120. The highest BCUT2D eigenvalue weighted by Crippen LogP contribution is 2.41. The van der Waals surface area contributed by atoms with Gasteiger partial charge in [0.15, 0.2) is 11.4 Å². The maximum atomic E-state index is 6.40. The summed E-state index contributed by atoms with van der Waals surface area (Å²) >= 11 is 0. The number of nitrogens with zero attached hydrogens (tertiary/aromatic N) is 3. The first-order valence-electron chi connectivity index (χ1n) is 17.4. The van der Waals surface area contributed by atoms with Crippen molar-refractivity contribution in [3.8, 4) is 11.1 Å². The van der Waals surface area contributed by atoms with E-state index in [1.54, 1.807) is 0 Å². The smallest absolute Gasteiger partial charge is 0.159 e. The lowest BCUT2D eigenvalue weighted by molar-refractivity contribution is 0.662. The van der Waals surface area contributed by atoms with Crippen molar-refractivity contribution in [2.24, 2.45) is 9.98 Å². The molecule has 6 nitrogen and oxygen atoms in total. The number of aliphatic imine (C=N–C) groups is 2. The van der Waals surface area contributed by atoms with Crippen molar-refractivity contribution in [2.45, 2.75) is 6.17 Å². The summed E-state index contributed by atoms with van der Waals surface area (Å²) in [7, 11) is 0. The average Bonchev–Trinajstić information content (AvgIpc) is 3.78. The Balaban J connectivity index is 1.10. The topological polar surface area (TPSA) is 75.9 Å². The maximum Gasteiger partial charge on any atom is 0.159 e. The summed E-state index contributed by atoms with van der Waals surface area (Å²) in [5.41, 5.74) is 8.37. The molecule has 52 heavy (non-hydrogen) atoms. The van der Waals surface area contributed by atoms with Gasteiger partial charge in [-0.2, -0.15) is 0 Å². The van der Waals surface area contributed by atoms with E-state index in [9.17, 15) is 0 Å². The number of para-hydroxylation sites is 1. The molecule has 1 N–H and O–H groups in total. The fraction of sp³-hybridized carbons (Fsp3) is 0.0217. The molecule has 0 aliphatic carbocycles. The molecule has 1 aliphatic rings. The van der Waals surface area contributed by atoms with Crippen LogP contribution >= 0.6 is 0 Å². The molecule has 1 unspecified atom stereocenters. The second-order valence-corrected chi connectivity index (χ2v) is 13.2. The Hall–Kier alpha value is -7.05. The van der Waals surface area contributed by atoms with Crippen molar-refractivity contribution >= 4 is 77.1 Å². The number of furan rings is 2. The van der Waals surface area contributed by atoms with Crippen molar-refractivity contribution in [3.05, 3.63) is 175 Å². The van der Waals surface area contributed by atoms with E-state index in [2.05, 4.69) is 107 Å². The molecule has 0 amide bonds. The third kappa shape index (κ3) is 4.41. The van der Waals surface area contributed by atoms with E-state index in [4.69, 9.17) is 18.8 Å². The largest absolute Gasteiger partial charge is 0.456 e. The van der Waals surface area contributed by atoms with E-state index in [1.165, 1.54) is 5.39 Å². The molecule has 1 aliphatic heterocycles. The van der Waals surface area contributed by atoms with Gasteiger partial charge in [-0.3, -0.25) is 4.98 Å². The van der Waals surface area contributed by atoms with E-state index < -0.39 is 6.17 Å². The monoisotopic (exact) mass is 668 g/mol. The average molecular weight is 669 g/mol. The zero-order chi connectivity index (χ0) is 34.2. The van der Waals surface area contributed by atoms with Crippen LogP contribution in [0.1, 0.15) is 22.9 Å². The highest BCUT2D eigenvalue weighted by molar-refractivity contribution is 6.22. The molecule has 0 spiro atoms. The van der Waals surface area contributed by atoms with E-state index in [0.717, 1.165) is 93.7 Å². The fourth-order valence-electron chi connectivity index (χ4n) is 7.85. The predicted octanol–water partition coefficient (Wildman–Crippen LogP) is 11.3. The summed E-state index contributed by atoms with van der Waals surface area (Å²) in [5, 5.41) is 12.5. The highest BCUT2D eigenvalue weighted by Gasteiger charge is 2.26. The molecule has 4 heterocycles. The second-order valence-electron chi connectivity index (χ2n) is 13.2. The number of hydrogen-bond donors (Lipinski definition) is 1. The van der Waals surface area contributed by atoms with Crippen LogP contribution in [0.4, 0.5) is 0 Å². The molecule has 0 saturated heterocycles. The summed E-state index contributed by atoms with van der Waals surface area (Å²) < 4.78 is 12.7. The number of benzene rings is 7. The zero-order valence-electron chi connectivity index (χ0n) is 27.7. The maximum absolute atomic E-state index is 6.40. The van der Waals surface area contributed by atoms with Gasteiger partial charge in [0.1, 0.15) is 28.8 Å². The molecule has 0 saturated carbocycles. The molecule has 10 aromatic rings. The van der Waals surface area contributed by atoms with Crippen LogP contribution in [0, 0.1) is 0 Å². The number of hydrogen-bond acceptors (Lipinski definition) is 6. The summed E-state index contributed by atoms with van der Waals surface area (Å²) in [5.74, 6) is 1.42. The number of aromatic nitrogens is 1. The van der Waals surface area contributed by atoms with Gasteiger partial charge >= 0.3 is 0 Å². The van der Waals surface area contributed by atoms with Gasteiger partial charge in [-0.1, -0.05) is 121 Å². The van der Waals surface area contributed by atoms with Gasteiger partial charge in [0.2, 0.25) is 0 Å². The summed E-state index contributed by atoms with van der Waals surface area (Å²) in [6.45, 7) is 0. The van der Waals surface area contributed by atoms with Crippen molar-refractivity contribution in [1.82, 2.24) is 10.3 Å². The van der Waals surface area contributed by atoms with Crippen molar-refractivity contribution < 1.29 is 8.83 Å². The Morgan fingerprint density at radius 2 is 1.17 bits per heavy atom. The summed E-state index contributed by atoms with van der Waals surface area (Å²) in [6, 6.07) is 50.1. The van der Waals surface area contributed by atoms with Crippen molar-refractivity contribution in [1.29, 1.82) is 0 Å². The van der Waals surface area contributed by atoms with Gasteiger partial charge in [0.25, 0.3) is 0 Å². The Morgan fingerprint density at radius 3 is 2.04 bits per heavy atom. The minimum Gasteiger partial charge on any atom is -0.456 e. The van der Waals surface area contributed by atoms with E-state index in [1.807, 2.05) is 60.9 Å². The zero-order valence-corrected chi connectivity index (χ0v) is 27.7. The molecular formula is C46H28N4O2. The molecule has 0 bridgehead atoms. The SMILES string of the molecule is c1ccc(C2=NC(c3cccc4oc5ccccc5c34)NC(c3ccc(-c4cncc5oc6cc7ccccc7cc6c45)c4ccccc34)=N2)cc1. The van der Waals surface area contributed by atoms with Gasteiger partial charge < -0.3 is 14.2 Å². The Labute approximate surface area is 297 Å². The Kier molecular flexibility index (Phi) is 6.21. The lowest BCUT2D eigenvalue weighted by Gasteiger charge is -2.25. The molecule has 3 aromatic heterocycles. The van der Waals surface area contributed by atoms with Gasteiger partial charge in [0, 0.05) is 50.0 Å². The predicted molar refractivity (Wildman–Crippen MR) is 211 cm³/mol. The van der Waals surface area contributed by atoms with Crippen LogP contribution < -0.4 is 5.32 Å². The minimum absolute atomic E-state index is 0.407. The van der Waals surface area contributed by atoms with E-state index >= 15 is 0 Å². The molecule has 7 aromatic carbocycles. The number of rotatable bonds is 4. The van der Waals surface area contributed by atoms with Crippen LogP contribution in [-0.2, 0) is 0 Å². The lowest BCUT2D eigenvalue weighted by atomic mass is 9.92. The fourth-order valence-corrected chi connectivity index (χ4v) is 7.85. The third-order valence-corrected chi connectivity index (χ3v) is 10.2. The standard InChI is InChI=1S/C46H28N4O2/c1-2-11-27(12-3-1)44-48-45(50-46(49-44)35-18-10-20-39-42(35)34-17-8-9-19-38(34)51-39)33-22-21-32(30-15-6-7-16-31(30)33)37-25-47-26-41-43(37)36-23-28-13-4-5-14-29(28)24-40(36)52-41/h1-26,46H,(H,48,49,50). The van der Waals surface area contributed by atoms with Gasteiger partial charge in [-0.15, -0.1) is 0 Å². The molecule has 0 fully saturated rings. The molecule has 11 rings (SSSR count). The normalized spacial score (nSPS) is 14.7. The van der Waals surface area contributed by atoms with Crippen LogP contribution in [0.25, 0.3) is 76.5 Å². The third-order valence-electron chi connectivity index (χ3n) is 10.2. The van der Waals surface area contributed by atoms with Crippen molar-refractivity contribution in [3.63, 3.8) is 0 Å². The van der Waals surface area contributed by atoms with Crippen molar-refractivity contribution in [2.75, 3.05) is 0 Å². The van der Waals surface area contributed by atoms with Crippen LogP contribution in [0.5, 0.6) is 0 Å². The first kappa shape index (κ1) is 28.8. The molecular weight excluding hydrogens is 641 g/mol. The lowest BCUT2D eigenvalue weighted by Crippen LogP contribution is -2.33. The van der Waals surface area contributed by atoms with Crippen LogP contribution in [0.3, 0.4) is 0 Å². The first-order valence-corrected chi connectivity index (χ1v) is 17.4. The summed E-state index contributed by atoms with van der Waals surface area (Å²) in [6.07, 6.45) is 3.36. The first-order chi connectivity index (χ1) is 25.8. The van der Waals surface area contributed by atoms with E-state index in [-0.39, 0.29) is 0 Å². The van der Waals surface area contributed by atoms with Gasteiger partial charge in [0.05, 0.1) is 6.20 Å². The minimum atomic E-state index is -0.407. The molecule has 244 valence electrons. The van der Waals surface area contributed by atoms with E-state index in [0.29, 0.717) is 5.84 Å². The number of nitrogens with one attached hydrogen (secondary N) is 1. The number of amidine groups is 2.